The van der Waals surface area contributed by atoms with E-state index in [-0.39, 0.29) is 18.3 Å². The second kappa shape index (κ2) is 5.61. The maximum Gasteiger partial charge on any atom is 0.150 e. The number of aryl methyl sites for hydroxylation is 2. The zero-order valence-corrected chi connectivity index (χ0v) is 12.9. The summed E-state index contributed by atoms with van der Waals surface area (Å²) in [6.45, 7) is 7.56. The van der Waals surface area contributed by atoms with Gasteiger partial charge in [0.25, 0.3) is 0 Å². The lowest BCUT2D eigenvalue weighted by Gasteiger charge is -2.43. The van der Waals surface area contributed by atoms with Gasteiger partial charge in [0.15, 0.2) is 5.82 Å². The van der Waals surface area contributed by atoms with Crippen molar-refractivity contribution in [3.63, 3.8) is 0 Å². The Morgan fingerprint density at radius 1 is 1.50 bits per heavy atom. The molecule has 1 aliphatic rings. The zero-order chi connectivity index (χ0) is 14.9. The number of nitrogen functional groups attached to an aromatic ring is 1. The topological polar surface area (TPSA) is 76.5 Å². The number of hydrogen-bond donors (Lipinski definition) is 2. The van der Waals surface area contributed by atoms with E-state index in [1.54, 1.807) is 0 Å². The number of aliphatic hydroxyl groups is 1. The quantitative estimate of drug-likeness (QED) is 0.859. The summed E-state index contributed by atoms with van der Waals surface area (Å²) in [5.41, 5.74) is 7.66. The monoisotopic (exact) mass is 282 g/mol. The summed E-state index contributed by atoms with van der Waals surface area (Å²) in [4.78, 5) is 2.17. The average Bonchev–Trinajstić information content (AvgIpc) is 2.63. The third-order valence-electron chi connectivity index (χ3n) is 3.60. The van der Waals surface area contributed by atoms with Gasteiger partial charge in [-0.25, -0.2) is 0 Å². The highest BCUT2D eigenvalue weighted by atomic mass is 16.5. The fourth-order valence-corrected chi connectivity index (χ4v) is 2.93. The van der Waals surface area contributed by atoms with Crippen molar-refractivity contribution in [1.29, 1.82) is 0 Å². The molecule has 6 heteroatoms. The highest BCUT2D eigenvalue weighted by Gasteiger charge is 2.35. The van der Waals surface area contributed by atoms with E-state index in [2.05, 4.69) is 16.9 Å². The van der Waals surface area contributed by atoms with Gasteiger partial charge in [-0.3, -0.25) is 4.68 Å². The van der Waals surface area contributed by atoms with Gasteiger partial charge in [0.05, 0.1) is 29.7 Å². The predicted octanol–water partition coefficient (Wildman–Crippen LogP) is 0.931. The Balaban J connectivity index is 2.30. The van der Waals surface area contributed by atoms with Crippen molar-refractivity contribution in [3.05, 3.63) is 5.69 Å². The minimum absolute atomic E-state index is 0.0134. The molecule has 1 aromatic rings. The predicted molar refractivity (Wildman–Crippen MR) is 79.9 cm³/mol. The highest BCUT2D eigenvalue weighted by Crippen LogP contribution is 2.31. The van der Waals surface area contributed by atoms with Gasteiger partial charge in [-0.05, 0) is 20.3 Å². The number of rotatable bonds is 4. The molecular weight excluding hydrogens is 256 g/mol. The third kappa shape index (κ3) is 2.91. The lowest BCUT2D eigenvalue weighted by atomic mass is 10.0. The van der Waals surface area contributed by atoms with Gasteiger partial charge in [-0.2, -0.15) is 5.10 Å². The Morgan fingerprint density at radius 2 is 2.20 bits per heavy atom. The maximum absolute atomic E-state index is 9.41. The molecule has 1 aromatic heterocycles. The minimum Gasteiger partial charge on any atom is -0.394 e. The van der Waals surface area contributed by atoms with Crippen LogP contribution in [0.1, 0.15) is 32.9 Å². The molecule has 0 aliphatic carbocycles. The summed E-state index contributed by atoms with van der Waals surface area (Å²) in [7, 11) is 1.92. The number of nitrogens with two attached hydrogens (primary N) is 1. The molecule has 1 aliphatic heterocycles. The molecule has 0 aromatic carbocycles. The van der Waals surface area contributed by atoms with Crippen LogP contribution in [0.15, 0.2) is 0 Å². The van der Waals surface area contributed by atoms with Gasteiger partial charge in [-0.1, -0.05) is 13.3 Å². The van der Waals surface area contributed by atoms with E-state index in [0.29, 0.717) is 6.54 Å². The van der Waals surface area contributed by atoms with Crippen LogP contribution in [0.25, 0.3) is 0 Å². The Labute approximate surface area is 120 Å². The molecule has 1 fully saturated rings. The van der Waals surface area contributed by atoms with Crippen LogP contribution in [0.5, 0.6) is 0 Å². The van der Waals surface area contributed by atoms with E-state index in [1.165, 1.54) is 0 Å². The van der Waals surface area contributed by atoms with Gasteiger partial charge in [0.2, 0.25) is 0 Å². The first-order valence-electron chi connectivity index (χ1n) is 7.23. The van der Waals surface area contributed by atoms with E-state index in [0.717, 1.165) is 36.6 Å². The first-order chi connectivity index (χ1) is 9.38. The van der Waals surface area contributed by atoms with Crippen molar-refractivity contribution in [2.75, 3.05) is 30.3 Å². The Morgan fingerprint density at radius 3 is 2.80 bits per heavy atom. The first-order valence-corrected chi connectivity index (χ1v) is 7.23. The third-order valence-corrected chi connectivity index (χ3v) is 3.60. The van der Waals surface area contributed by atoms with Crippen LogP contribution in [-0.4, -0.2) is 46.3 Å². The fraction of sp³-hybridized carbons (Fsp3) is 0.786. The Kier molecular flexibility index (Phi) is 4.25. The minimum atomic E-state index is -0.312. The maximum atomic E-state index is 9.41. The number of nitrogens with zero attached hydrogens (tertiary/aromatic N) is 3. The molecule has 1 saturated heterocycles. The standard InChI is InChI=1S/C14H26N4O2/c1-5-6-11-12(15)13(17(4)16-11)18-7-10(8-19)20-14(2,3)9-18/h10,19H,5-9,15H2,1-4H3. The van der Waals surface area contributed by atoms with E-state index in [9.17, 15) is 5.11 Å². The van der Waals surface area contributed by atoms with Crippen LogP contribution < -0.4 is 10.6 Å². The Bertz CT molecular complexity index is 470. The van der Waals surface area contributed by atoms with Crippen LogP contribution in [-0.2, 0) is 18.2 Å². The summed E-state index contributed by atoms with van der Waals surface area (Å²) < 4.78 is 7.69. The second-order valence-corrected chi connectivity index (χ2v) is 6.12. The van der Waals surface area contributed by atoms with E-state index in [1.807, 2.05) is 25.6 Å². The van der Waals surface area contributed by atoms with E-state index < -0.39 is 0 Å². The molecule has 0 saturated carbocycles. The van der Waals surface area contributed by atoms with Crippen molar-refractivity contribution in [3.8, 4) is 0 Å². The molecule has 20 heavy (non-hydrogen) atoms. The number of anilines is 2. The molecule has 0 spiro atoms. The number of morpholine rings is 1. The lowest BCUT2D eigenvalue weighted by molar-refractivity contribution is -0.101. The molecule has 0 bridgehead atoms. The van der Waals surface area contributed by atoms with E-state index >= 15 is 0 Å². The van der Waals surface area contributed by atoms with Gasteiger partial charge >= 0.3 is 0 Å². The largest absolute Gasteiger partial charge is 0.394 e. The van der Waals surface area contributed by atoms with Crippen LogP contribution in [0, 0.1) is 0 Å². The number of aromatic nitrogens is 2. The molecule has 2 heterocycles. The highest BCUT2D eigenvalue weighted by molar-refractivity contribution is 5.67. The van der Waals surface area contributed by atoms with Gasteiger partial charge in [-0.15, -0.1) is 0 Å². The number of aliphatic hydroxyl groups excluding tert-OH is 1. The number of hydrogen-bond acceptors (Lipinski definition) is 5. The molecular formula is C14H26N4O2. The first kappa shape index (κ1) is 15.1. The zero-order valence-electron chi connectivity index (χ0n) is 12.9. The smallest absolute Gasteiger partial charge is 0.150 e. The Hall–Kier alpha value is -1.27. The number of ether oxygens (including phenoxy) is 1. The molecule has 0 amide bonds. The molecule has 0 radical (unpaired) electrons. The lowest BCUT2D eigenvalue weighted by Crippen LogP contribution is -2.54. The molecule has 114 valence electrons. The van der Waals surface area contributed by atoms with Crippen LogP contribution in [0.2, 0.25) is 0 Å². The van der Waals surface area contributed by atoms with Crippen molar-refractivity contribution >= 4 is 11.5 Å². The summed E-state index contributed by atoms with van der Waals surface area (Å²) in [5.74, 6) is 0.934. The van der Waals surface area contributed by atoms with Crippen LogP contribution in [0.4, 0.5) is 11.5 Å². The molecule has 1 unspecified atom stereocenters. The van der Waals surface area contributed by atoms with Gasteiger partial charge in [0.1, 0.15) is 0 Å². The van der Waals surface area contributed by atoms with Crippen LogP contribution in [0.3, 0.4) is 0 Å². The fourth-order valence-electron chi connectivity index (χ4n) is 2.93. The van der Waals surface area contributed by atoms with Crippen molar-refractivity contribution in [2.45, 2.75) is 45.3 Å². The molecule has 2 rings (SSSR count). The molecule has 6 nitrogen and oxygen atoms in total. The normalized spacial score (nSPS) is 22.2. The second-order valence-electron chi connectivity index (χ2n) is 6.12. The van der Waals surface area contributed by atoms with Crippen molar-refractivity contribution in [1.82, 2.24) is 9.78 Å². The van der Waals surface area contributed by atoms with Crippen molar-refractivity contribution < 1.29 is 9.84 Å². The van der Waals surface area contributed by atoms with Crippen molar-refractivity contribution in [2.24, 2.45) is 7.05 Å². The summed E-state index contributed by atoms with van der Waals surface area (Å²) in [6.07, 6.45) is 1.72. The van der Waals surface area contributed by atoms with Crippen LogP contribution >= 0.6 is 0 Å². The van der Waals surface area contributed by atoms with Gasteiger partial charge in [0, 0.05) is 20.1 Å². The summed E-state index contributed by atoms with van der Waals surface area (Å²) in [6, 6.07) is 0. The van der Waals surface area contributed by atoms with E-state index in [4.69, 9.17) is 10.5 Å². The molecule has 3 N–H and O–H groups in total. The summed E-state index contributed by atoms with van der Waals surface area (Å²) >= 11 is 0. The molecule has 1 atom stereocenters. The SMILES string of the molecule is CCCc1nn(C)c(N2CC(CO)OC(C)(C)C2)c1N. The summed E-state index contributed by atoms with van der Waals surface area (Å²) in [5, 5.41) is 13.9. The average molecular weight is 282 g/mol. The van der Waals surface area contributed by atoms with Gasteiger partial charge < -0.3 is 20.5 Å².